The largest absolute Gasteiger partial charge is 0.392 e. The maximum absolute atomic E-state index is 12.3. The van der Waals surface area contributed by atoms with Gasteiger partial charge in [0.05, 0.1) is 11.5 Å². The number of hydrogen-bond acceptors (Lipinski definition) is 4. The fraction of sp³-hybridized carbons (Fsp3) is 0.571. The maximum Gasteiger partial charge on any atom is 0.240 e. The minimum absolute atomic E-state index is 0.162. The number of likely N-dealkylation sites (N-methyl/N-ethyl adjacent to an activating group) is 1. The van der Waals surface area contributed by atoms with Gasteiger partial charge in [-0.3, -0.25) is 0 Å². The standard InChI is InChI=1S/C14H24N2O3S/c1-4-13-7-6-12(11-17)10-14(13)20(18,19)15-8-9-16(3)5-2/h6-7,10,15,17H,4-5,8-9,11H2,1-3H3. The Morgan fingerprint density at radius 3 is 2.55 bits per heavy atom. The van der Waals surface area contributed by atoms with Gasteiger partial charge in [-0.1, -0.05) is 26.0 Å². The van der Waals surface area contributed by atoms with Crippen molar-refractivity contribution in [3.05, 3.63) is 29.3 Å². The van der Waals surface area contributed by atoms with Crippen LogP contribution in [-0.2, 0) is 23.1 Å². The molecule has 0 bridgehead atoms. The van der Waals surface area contributed by atoms with Gasteiger partial charge in [-0.05, 0) is 37.2 Å². The summed E-state index contributed by atoms with van der Waals surface area (Å²) >= 11 is 0. The highest BCUT2D eigenvalue weighted by atomic mass is 32.2. The topological polar surface area (TPSA) is 69.6 Å². The maximum atomic E-state index is 12.3. The Labute approximate surface area is 121 Å². The van der Waals surface area contributed by atoms with Gasteiger partial charge in [0.25, 0.3) is 0 Å². The second-order valence-electron chi connectivity index (χ2n) is 4.75. The minimum atomic E-state index is -3.53. The van der Waals surface area contributed by atoms with Gasteiger partial charge in [-0.2, -0.15) is 0 Å². The normalized spacial score (nSPS) is 12.1. The highest BCUT2D eigenvalue weighted by molar-refractivity contribution is 7.89. The quantitative estimate of drug-likeness (QED) is 0.750. The van der Waals surface area contributed by atoms with E-state index in [-0.39, 0.29) is 11.5 Å². The summed E-state index contributed by atoms with van der Waals surface area (Å²) in [5.41, 5.74) is 1.37. The van der Waals surface area contributed by atoms with Crippen LogP contribution >= 0.6 is 0 Å². The van der Waals surface area contributed by atoms with Crippen molar-refractivity contribution in [2.75, 3.05) is 26.7 Å². The van der Waals surface area contributed by atoms with Gasteiger partial charge in [0, 0.05) is 13.1 Å². The van der Waals surface area contributed by atoms with E-state index in [1.54, 1.807) is 18.2 Å². The lowest BCUT2D eigenvalue weighted by Crippen LogP contribution is -2.33. The summed E-state index contributed by atoms with van der Waals surface area (Å²) in [6.07, 6.45) is 0.636. The lowest BCUT2D eigenvalue weighted by molar-refractivity contribution is 0.281. The Hall–Kier alpha value is -0.950. The van der Waals surface area contributed by atoms with Crippen LogP contribution in [0.3, 0.4) is 0 Å². The summed E-state index contributed by atoms with van der Waals surface area (Å²) in [5.74, 6) is 0. The van der Waals surface area contributed by atoms with E-state index in [1.807, 2.05) is 25.8 Å². The summed E-state index contributed by atoms with van der Waals surface area (Å²) in [5, 5.41) is 9.15. The van der Waals surface area contributed by atoms with E-state index >= 15 is 0 Å². The fourth-order valence-corrected chi connectivity index (χ4v) is 3.23. The van der Waals surface area contributed by atoms with Crippen LogP contribution in [0.25, 0.3) is 0 Å². The monoisotopic (exact) mass is 300 g/mol. The molecule has 0 aliphatic rings. The average molecular weight is 300 g/mol. The molecule has 0 aliphatic heterocycles. The van der Waals surface area contributed by atoms with Crippen molar-refractivity contribution in [1.82, 2.24) is 9.62 Å². The lowest BCUT2D eigenvalue weighted by atomic mass is 10.1. The Bertz CT molecular complexity index is 529. The minimum Gasteiger partial charge on any atom is -0.392 e. The van der Waals surface area contributed by atoms with Crippen molar-refractivity contribution in [2.45, 2.75) is 31.8 Å². The Balaban J connectivity index is 2.90. The van der Waals surface area contributed by atoms with E-state index in [9.17, 15) is 8.42 Å². The molecule has 2 N–H and O–H groups in total. The van der Waals surface area contributed by atoms with Crippen LogP contribution in [0.1, 0.15) is 25.0 Å². The molecular formula is C14H24N2O3S. The number of benzene rings is 1. The third kappa shape index (κ3) is 4.56. The molecule has 20 heavy (non-hydrogen) atoms. The Morgan fingerprint density at radius 2 is 2.00 bits per heavy atom. The molecule has 0 amide bonds. The third-order valence-electron chi connectivity index (χ3n) is 3.31. The molecule has 1 aromatic rings. The fourth-order valence-electron chi connectivity index (χ4n) is 1.85. The molecule has 0 unspecified atom stereocenters. The Kier molecular flexibility index (Phi) is 6.61. The molecule has 0 atom stereocenters. The first-order valence-electron chi connectivity index (χ1n) is 6.85. The van der Waals surface area contributed by atoms with E-state index in [0.717, 1.165) is 12.1 Å². The number of sulfonamides is 1. The molecule has 6 heteroatoms. The second-order valence-corrected chi connectivity index (χ2v) is 6.48. The van der Waals surface area contributed by atoms with Gasteiger partial charge in [0.1, 0.15) is 0 Å². The number of nitrogens with one attached hydrogen (secondary N) is 1. The van der Waals surface area contributed by atoms with Crippen LogP contribution in [0.15, 0.2) is 23.1 Å². The van der Waals surface area contributed by atoms with Gasteiger partial charge in [0.15, 0.2) is 0 Å². The number of aliphatic hydroxyl groups is 1. The summed E-state index contributed by atoms with van der Waals surface area (Å²) in [6, 6.07) is 5.06. The smallest absolute Gasteiger partial charge is 0.240 e. The first-order chi connectivity index (χ1) is 9.44. The van der Waals surface area contributed by atoms with Gasteiger partial charge in [-0.15, -0.1) is 0 Å². The first kappa shape index (κ1) is 17.1. The van der Waals surface area contributed by atoms with E-state index in [1.165, 1.54) is 0 Å². The zero-order valence-electron chi connectivity index (χ0n) is 12.4. The Morgan fingerprint density at radius 1 is 1.30 bits per heavy atom. The number of rotatable bonds is 8. The van der Waals surface area contributed by atoms with Crippen LogP contribution in [0.2, 0.25) is 0 Å². The molecule has 0 fully saturated rings. The van der Waals surface area contributed by atoms with Crippen LogP contribution in [0.4, 0.5) is 0 Å². The van der Waals surface area contributed by atoms with E-state index in [4.69, 9.17) is 5.11 Å². The molecule has 5 nitrogen and oxygen atoms in total. The summed E-state index contributed by atoms with van der Waals surface area (Å²) in [4.78, 5) is 2.30. The molecule has 0 spiro atoms. The molecule has 0 aromatic heterocycles. The third-order valence-corrected chi connectivity index (χ3v) is 4.85. The van der Waals surface area contributed by atoms with Crippen molar-refractivity contribution in [3.8, 4) is 0 Å². The molecule has 114 valence electrons. The first-order valence-corrected chi connectivity index (χ1v) is 8.33. The number of nitrogens with zero attached hydrogens (tertiary/aromatic N) is 1. The number of aliphatic hydroxyl groups excluding tert-OH is 1. The molecular weight excluding hydrogens is 276 g/mol. The molecule has 1 aromatic carbocycles. The molecule has 0 heterocycles. The number of hydrogen-bond donors (Lipinski definition) is 2. The van der Waals surface area contributed by atoms with E-state index in [0.29, 0.717) is 25.1 Å². The predicted octanol–water partition coefficient (Wildman–Crippen LogP) is 0.971. The summed E-state index contributed by atoms with van der Waals surface area (Å²) in [6.45, 7) is 5.69. The average Bonchev–Trinajstić information content (AvgIpc) is 2.46. The van der Waals surface area contributed by atoms with Gasteiger partial charge in [-0.25, -0.2) is 13.1 Å². The lowest BCUT2D eigenvalue weighted by Gasteiger charge is -2.15. The van der Waals surface area contributed by atoms with Crippen molar-refractivity contribution >= 4 is 10.0 Å². The zero-order valence-corrected chi connectivity index (χ0v) is 13.2. The van der Waals surface area contributed by atoms with E-state index < -0.39 is 10.0 Å². The summed E-state index contributed by atoms with van der Waals surface area (Å²) < 4.78 is 27.3. The van der Waals surface area contributed by atoms with Crippen LogP contribution in [0.5, 0.6) is 0 Å². The molecule has 0 aliphatic carbocycles. The predicted molar refractivity (Wildman–Crippen MR) is 80.1 cm³/mol. The van der Waals surface area contributed by atoms with Gasteiger partial charge in [0.2, 0.25) is 10.0 Å². The number of aryl methyl sites for hydroxylation is 1. The van der Waals surface area contributed by atoms with Crippen molar-refractivity contribution in [2.24, 2.45) is 0 Å². The van der Waals surface area contributed by atoms with Gasteiger partial charge < -0.3 is 10.0 Å². The molecule has 0 saturated heterocycles. The van der Waals surface area contributed by atoms with Crippen LogP contribution in [0, 0.1) is 0 Å². The summed E-state index contributed by atoms with van der Waals surface area (Å²) in [7, 11) is -1.58. The second kappa shape index (κ2) is 7.73. The van der Waals surface area contributed by atoms with Crippen LogP contribution < -0.4 is 4.72 Å². The van der Waals surface area contributed by atoms with Crippen molar-refractivity contribution < 1.29 is 13.5 Å². The van der Waals surface area contributed by atoms with Crippen LogP contribution in [-0.4, -0.2) is 45.1 Å². The van der Waals surface area contributed by atoms with Crippen molar-refractivity contribution in [1.29, 1.82) is 0 Å². The van der Waals surface area contributed by atoms with E-state index in [2.05, 4.69) is 4.72 Å². The SMILES string of the molecule is CCc1ccc(CO)cc1S(=O)(=O)NCCN(C)CC. The molecule has 1 rings (SSSR count). The molecule has 0 saturated carbocycles. The highest BCUT2D eigenvalue weighted by Crippen LogP contribution is 2.18. The zero-order chi connectivity index (χ0) is 15.2. The highest BCUT2D eigenvalue weighted by Gasteiger charge is 2.18. The molecule has 0 radical (unpaired) electrons. The van der Waals surface area contributed by atoms with Crippen molar-refractivity contribution in [3.63, 3.8) is 0 Å². The van der Waals surface area contributed by atoms with Gasteiger partial charge >= 0.3 is 0 Å².